The molecule has 1 aromatic heterocycles. The number of nitrogens with one attached hydrogen (secondary N) is 1. The van der Waals surface area contributed by atoms with Gasteiger partial charge in [0.05, 0.1) is 6.54 Å². The summed E-state index contributed by atoms with van der Waals surface area (Å²) in [5.74, 6) is -0.171. The number of aliphatic hydroxyl groups is 1. The minimum absolute atomic E-state index is 0.0794. The molecule has 0 saturated heterocycles. The van der Waals surface area contributed by atoms with Crippen LogP contribution in [0.5, 0.6) is 0 Å². The fraction of sp³-hybridized carbons (Fsp3) is 0.636. The van der Waals surface area contributed by atoms with E-state index in [9.17, 15) is 4.79 Å². The molecular weight excluding hydrogens is 224 g/mol. The van der Waals surface area contributed by atoms with Gasteiger partial charge in [0, 0.05) is 12.7 Å². The molecule has 0 spiro atoms. The molecule has 1 rings (SSSR count). The summed E-state index contributed by atoms with van der Waals surface area (Å²) in [5, 5.41) is 24.0. The van der Waals surface area contributed by atoms with Crippen molar-refractivity contribution in [2.75, 3.05) is 13.2 Å². The van der Waals surface area contributed by atoms with E-state index >= 15 is 0 Å². The van der Waals surface area contributed by atoms with E-state index in [1.807, 2.05) is 0 Å². The summed E-state index contributed by atoms with van der Waals surface area (Å²) in [7, 11) is 0. The second-order valence-corrected chi connectivity index (χ2v) is 3.90. The summed E-state index contributed by atoms with van der Waals surface area (Å²) in [6.45, 7) is 3.47. The molecule has 1 atom stereocenters. The molecule has 0 bridgehead atoms. The number of nitrogens with zero attached hydrogens (tertiary/aromatic N) is 1. The number of carboxylic acid groups (broad SMARTS) is 1. The number of carbonyl (C=O) groups is 1. The van der Waals surface area contributed by atoms with E-state index in [-0.39, 0.29) is 12.3 Å². The lowest BCUT2D eigenvalue weighted by Gasteiger charge is -2.13. The highest BCUT2D eigenvalue weighted by atomic mass is 16.5. The average molecular weight is 242 g/mol. The summed E-state index contributed by atoms with van der Waals surface area (Å²) in [6.07, 6.45) is 1.75. The first-order valence-electron chi connectivity index (χ1n) is 5.67. The molecule has 6 nitrogen and oxygen atoms in total. The Hall–Kier alpha value is -1.40. The Kier molecular flexibility index (Phi) is 5.65. The van der Waals surface area contributed by atoms with E-state index in [1.54, 1.807) is 0 Å². The number of hydrogen-bond acceptors (Lipinski definition) is 5. The van der Waals surface area contributed by atoms with Gasteiger partial charge >= 0.3 is 5.97 Å². The average Bonchev–Trinajstić information content (AvgIpc) is 2.77. The van der Waals surface area contributed by atoms with Crippen LogP contribution in [-0.2, 0) is 6.54 Å². The van der Waals surface area contributed by atoms with Crippen molar-refractivity contribution < 1.29 is 19.5 Å². The van der Waals surface area contributed by atoms with E-state index in [0.29, 0.717) is 18.2 Å². The van der Waals surface area contributed by atoms with Gasteiger partial charge in [-0.25, -0.2) is 4.79 Å². The number of aromatic carboxylic acids is 1. The molecule has 17 heavy (non-hydrogen) atoms. The van der Waals surface area contributed by atoms with Crippen molar-refractivity contribution in [2.24, 2.45) is 5.92 Å². The van der Waals surface area contributed by atoms with E-state index in [4.69, 9.17) is 14.7 Å². The topological polar surface area (TPSA) is 95.6 Å². The Morgan fingerprint density at radius 1 is 1.65 bits per heavy atom. The highest BCUT2D eigenvalue weighted by molar-refractivity contribution is 5.85. The minimum atomic E-state index is -1.09. The summed E-state index contributed by atoms with van der Waals surface area (Å²) >= 11 is 0. The van der Waals surface area contributed by atoms with Crippen molar-refractivity contribution in [3.8, 4) is 0 Å². The minimum Gasteiger partial charge on any atom is -0.476 e. The Balaban J connectivity index is 2.32. The molecule has 0 saturated carbocycles. The van der Waals surface area contributed by atoms with Crippen molar-refractivity contribution in [3.05, 3.63) is 17.5 Å². The maximum absolute atomic E-state index is 10.6. The van der Waals surface area contributed by atoms with Gasteiger partial charge in [0.15, 0.2) is 11.5 Å². The monoisotopic (exact) mass is 242 g/mol. The first kappa shape index (κ1) is 13.7. The molecule has 1 heterocycles. The Bertz CT molecular complexity index is 351. The van der Waals surface area contributed by atoms with Gasteiger partial charge in [-0.3, -0.25) is 0 Å². The number of rotatable bonds is 8. The first-order valence-corrected chi connectivity index (χ1v) is 5.67. The third-order valence-corrected chi connectivity index (χ3v) is 2.63. The van der Waals surface area contributed by atoms with Gasteiger partial charge < -0.3 is 20.1 Å². The van der Waals surface area contributed by atoms with Gasteiger partial charge in [-0.15, -0.1) is 0 Å². The van der Waals surface area contributed by atoms with E-state index in [1.165, 1.54) is 6.07 Å². The number of hydrogen-bond donors (Lipinski definition) is 3. The molecule has 6 heteroatoms. The zero-order chi connectivity index (χ0) is 12.7. The Morgan fingerprint density at radius 3 is 2.94 bits per heavy atom. The second kappa shape index (κ2) is 7.03. The summed E-state index contributed by atoms with van der Waals surface area (Å²) < 4.78 is 4.86. The van der Waals surface area contributed by atoms with Gasteiger partial charge in [0.1, 0.15) is 0 Å². The SMILES string of the molecule is CCC(CCO)CNCc1cc(C(=O)O)no1. The molecule has 0 radical (unpaired) electrons. The van der Waals surface area contributed by atoms with E-state index < -0.39 is 5.97 Å². The lowest BCUT2D eigenvalue weighted by Crippen LogP contribution is -2.22. The van der Waals surface area contributed by atoms with Crippen LogP contribution >= 0.6 is 0 Å². The fourth-order valence-corrected chi connectivity index (χ4v) is 1.53. The number of aromatic nitrogens is 1. The molecule has 1 aromatic rings. The summed E-state index contributed by atoms with van der Waals surface area (Å²) in [5.41, 5.74) is -0.0794. The first-order chi connectivity index (χ1) is 8.17. The Labute approximate surface area is 99.6 Å². The predicted molar refractivity (Wildman–Crippen MR) is 60.7 cm³/mol. The van der Waals surface area contributed by atoms with Crippen molar-refractivity contribution in [1.82, 2.24) is 10.5 Å². The van der Waals surface area contributed by atoms with Gasteiger partial charge in [-0.2, -0.15) is 0 Å². The zero-order valence-corrected chi connectivity index (χ0v) is 9.85. The van der Waals surface area contributed by atoms with Gasteiger partial charge in [-0.1, -0.05) is 18.5 Å². The molecule has 0 aliphatic heterocycles. The fourth-order valence-electron chi connectivity index (χ4n) is 1.53. The van der Waals surface area contributed by atoms with E-state index in [0.717, 1.165) is 19.4 Å². The molecule has 0 aliphatic carbocycles. The molecule has 96 valence electrons. The normalized spacial score (nSPS) is 12.6. The van der Waals surface area contributed by atoms with Crippen LogP contribution in [0.2, 0.25) is 0 Å². The van der Waals surface area contributed by atoms with Crippen LogP contribution in [0.1, 0.15) is 36.0 Å². The molecular formula is C11H18N2O4. The van der Waals surface area contributed by atoms with Crippen LogP contribution in [0.3, 0.4) is 0 Å². The van der Waals surface area contributed by atoms with E-state index in [2.05, 4.69) is 17.4 Å². The van der Waals surface area contributed by atoms with Crippen LogP contribution in [0, 0.1) is 5.92 Å². The summed E-state index contributed by atoms with van der Waals surface area (Å²) in [4.78, 5) is 10.6. The third kappa shape index (κ3) is 4.54. The van der Waals surface area contributed by atoms with Crippen LogP contribution in [0.25, 0.3) is 0 Å². The highest BCUT2D eigenvalue weighted by Gasteiger charge is 2.11. The number of aliphatic hydroxyl groups excluding tert-OH is 1. The zero-order valence-electron chi connectivity index (χ0n) is 9.85. The second-order valence-electron chi connectivity index (χ2n) is 3.90. The van der Waals surface area contributed by atoms with Crippen molar-refractivity contribution in [3.63, 3.8) is 0 Å². The van der Waals surface area contributed by atoms with Gasteiger partial charge in [-0.05, 0) is 18.9 Å². The third-order valence-electron chi connectivity index (χ3n) is 2.63. The lowest BCUT2D eigenvalue weighted by atomic mass is 10.0. The Morgan fingerprint density at radius 2 is 2.41 bits per heavy atom. The molecule has 0 aromatic carbocycles. The van der Waals surface area contributed by atoms with Crippen molar-refractivity contribution in [1.29, 1.82) is 0 Å². The largest absolute Gasteiger partial charge is 0.476 e. The predicted octanol–water partition coefficient (Wildman–Crippen LogP) is 0.871. The van der Waals surface area contributed by atoms with Gasteiger partial charge in [0.25, 0.3) is 0 Å². The van der Waals surface area contributed by atoms with Crippen LogP contribution in [0.15, 0.2) is 10.6 Å². The molecule has 0 aliphatic rings. The quantitative estimate of drug-likeness (QED) is 0.626. The maximum Gasteiger partial charge on any atom is 0.358 e. The molecule has 1 unspecified atom stereocenters. The number of carboxylic acids is 1. The van der Waals surface area contributed by atoms with Crippen LogP contribution in [-0.4, -0.2) is 34.5 Å². The molecule has 3 N–H and O–H groups in total. The van der Waals surface area contributed by atoms with Crippen LogP contribution < -0.4 is 5.32 Å². The maximum atomic E-state index is 10.6. The highest BCUT2D eigenvalue weighted by Crippen LogP contribution is 2.07. The standard InChI is InChI=1S/C11H18N2O4/c1-2-8(3-4-14)6-12-7-9-5-10(11(15)16)13-17-9/h5,8,12,14H,2-4,6-7H2,1H3,(H,15,16). The molecule has 0 amide bonds. The lowest BCUT2D eigenvalue weighted by molar-refractivity contribution is 0.0685. The molecule has 0 fully saturated rings. The smallest absolute Gasteiger partial charge is 0.358 e. The van der Waals surface area contributed by atoms with Crippen molar-refractivity contribution >= 4 is 5.97 Å². The van der Waals surface area contributed by atoms with Crippen LogP contribution in [0.4, 0.5) is 0 Å². The summed E-state index contributed by atoms with van der Waals surface area (Å²) in [6, 6.07) is 1.41. The van der Waals surface area contributed by atoms with Gasteiger partial charge in [0.2, 0.25) is 0 Å². The van der Waals surface area contributed by atoms with Crippen molar-refractivity contribution in [2.45, 2.75) is 26.3 Å².